The molecule has 14 nitrogen and oxygen atoms in total. The highest BCUT2D eigenvalue weighted by molar-refractivity contribution is 7.81. The first-order chi connectivity index (χ1) is 34.1. The standard InChI is InChI=1S/C53H57F3N8O6S2/c1-32-45(72-31-60-32)36-11-9-33(10-12-36)28-59-47(67)43-26-41(65)29-62(43)48(68)46(51(2,3)4)61-44(66)30-70-24-8-7-23-58-38-18-13-34(14-19-38)35-15-20-39(21-16-35)64-50(71)63(49(69)52(64,5)6)40-22-17-37(27-57)42(25-40)53(54,55)56/h9-22,25,31,41,43,46,58,65H,7-8,23-24,26,28-30H2,1-6H3,(H,59,67)(H,61,66)/t41-,43+,46?/m1/s1. The molecule has 2 aliphatic heterocycles. The highest BCUT2D eigenvalue weighted by Crippen LogP contribution is 2.40. The second kappa shape index (κ2) is 22.0. The smallest absolute Gasteiger partial charge is 0.391 e. The van der Waals surface area contributed by atoms with Gasteiger partial charge in [0, 0.05) is 44.0 Å². The topological polar surface area (TPSA) is 180 Å². The van der Waals surface area contributed by atoms with Gasteiger partial charge in [-0.1, -0.05) is 69.3 Å². The SMILES string of the molecule is Cc1ncsc1-c1ccc(CNC(=O)[C@@H]2C[C@@H](O)CN2C(=O)C(NC(=O)COCCCCNc2ccc(-c3ccc(N4C(=S)N(c5ccc(C#N)c(C(F)(F)F)c5)C(=O)C4(C)C)cc3)cc2)C(C)(C)C)cc1. The van der Waals surface area contributed by atoms with Crippen molar-refractivity contribution in [2.45, 2.75) is 97.3 Å². The maximum absolute atomic E-state index is 14.0. The van der Waals surface area contributed by atoms with Crippen LogP contribution in [-0.2, 0) is 36.6 Å². The van der Waals surface area contributed by atoms with Crippen LogP contribution in [-0.4, -0.2) is 93.8 Å². The number of likely N-dealkylation sites (tertiary alicyclic amines) is 1. The molecule has 72 heavy (non-hydrogen) atoms. The van der Waals surface area contributed by atoms with Crippen LogP contribution in [0.2, 0.25) is 0 Å². The molecule has 4 amide bonds. The van der Waals surface area contributed by atoms with Crippen LogP contribution >= 0.6 is 23.6 Å². The number of aliphatic hydroxyl groups excluding tert-OH is 1. The number of anilines is 3. The molecule has 1 aromatic heterocycles. The fraction of sp³-hybridized carbons (Fsp3) is 0.377. The normalized spacial score (nSPS) is 17.2. The Bertz CT molecular complexity index is 2840. The van der Waals surface area contributed by atoms with Crippen LogP contribution in [0.3, 0.4) is 0 Å². The molecule has 2 saturated heterocycles. The van der Waals surface area contributed by atoms with Gasteiger partial charge in [-0.25, -0.2) is 4.98 Å². The van der Waals surface area contributed by atoms with Gasteiger partial charge in [-0.15, -0.1) is 11.3 Å². The van der Waals surface area contributed by atoms with Crippen molar-refractivity contribution in [1.29, 1.82) is 5.26 Å². The molecule has 3 heterocycles. The van der Waals surface area contributed by atoms with Gasteiger partial charge < -0.3 is 35.6 Å². The van der Waals surface area contributed by atoms with E-state index in [9.17, 15) is 42.7 Å². The molecular weight excluding hydrogens is 966 g/mol. The number of hydrogen-bond donors (Lipinski definition) is 4. The number of thiocarbonyl (C=S) groups is 1. The second-order valence-corrected chi connectivity index (χ2v) is 20.6. The van der Waals surface area contributed by atoms with Crippen molar-refractivity contribution < 1.29 is 42.2 Å². The number of nitrogens with zero attached hydrogens (tertiary/aromatic N) is 5. The van der Waals surface area contributed by atoms with Crippen LogP contribution in [0.4, 0.5) is 30.2 Å². The molecule has 0 spiro atoms. The minimum atomic E-state index is -4.80. The number of β-amino-alcohol motifs (C(OH)–C–C–N with tert-alkyl or cyclic N) is 1. The Morgan fingerprint density at radius 1 is 0.958 bits per heavy atom. The zero-order valence-electron chi connectivity index (χ0n) is 40.8. The van der Waals surface area contributed by atoms with E-state index in [-0.39, 0.29) is 42.8 Å². The first-order valence-corrected chi connectivity index (χ1v) is 24.7. The Hall–Kier alpha value is -6.72. The minimum Gasteiger partial charge on any atom is -0.391 e. The predicted molar refractivity (Wildman–Crippen MR) is 275 cm³/mol. The van der Waals surface area contributed by atoms with Crippen LogP contribution < -0.4 is 25.8 Å². The highest BCUT2D eigenvalue weighted by atomic mass is 32.1. The number of carbonyl (C=O) groups excluding carboxylic acids is 4. The molecule has 0 radical (unpaired) electrons. The van der Waals surface area contributed by atoms with Gasteiger partial charge in [-0.3, -0.25) is 24.1 Å². The van der Waals surface area contributed by atoms with Gasteiger partial charge in [-0.2, -0.15) is 18.4 Å². The number of nitrogens with one attached hydrogen (secondary N) is 3. The molecule has 5 aromatic rings. The molecule has 4 N–H and O–H groups in total. The Morgan fingerprint density at radius 3 is 2.21 bits per heavy atom. The number of nitriles is 1. The lowest BCUT2D eigenvalue weighted by molar-refractivity contribution is -0.144. The third-order valence-corrected chi connectivity index (χ3v) is 14.0. The summed E-state index contributed by atoms with van der Waals surface area (Å²) in [6, 6.07) is 25.8. The number of amides is 4. The Morgan fingerprint density at radius 2 is 1.60 bits per heavy atom. The number of alkyl halides is 3. The summed E-state index contributed by atoms with van der Waals surface area (Å²) in [7, 11) is 0. The van der Waals surface area contributed by atoms with Gasteiger partial charge in [0.15, 0.2) is 5.11 Å². The van der Waals surface area contributed by atoms with E-state index in [1.54, 1.807) is 53.8 Å². The number of rotatable bonds is 17. The molecule has 2 aliphatic rings. The van der Waals surface area contributed by atoms with Crippen LogP contribution in [0.15, 0.2) is 96.5 Å². The summed E-state index contributed by atoms with van der Waals surface area (Å²) >= 11 is 7.24. The molecule has 0 saturated carbocycles. The molecule has 4 aromatic carbocycles. The zero-order chi connectivity index (χ0) is 52.1. The fourth-order valence-corrected chi connectivity index (χ4v) is 10.1. The lowest BCUT2D eigenvalue weighted by Gasteiger charge is -2.35. The first kappa shape index (κ1) is 53.1. The molecule has 2 fully saturated rings. The lowest BCUT2D eigenvalue weighted by Crippen LogP contribution is -2.58. The average Bonchev–Trinajstić information content (AvgIpc) is 4.01. The maximum atomic E-state index is 14.0. The minimum absolute atomic E-state index is 0.0112. The van der Waals surface area contributed by atoms with E-state index in [2.05, 4.69) is 20.9 Å². The number of aryl methyl sites for hydroxylation is 1. The van der Waals surface area contributed by atoms with Gasteiger partial charge in [0.2, 0.25) is 17.7 Å². The van der Waals surface area contributed by atoms with Gasteiger partial charge in [-0.05, 0) is 116 Å². The van der Waals surface area contributed by atoms with Crippen molar-refractivity contribution in [2.24, 2.45) is 5.41 Å². The van der Waals surface area contributed by atoms with Gasteiger partial charge in [0.1, 0.15) is 24.2 Å². The van der Waals surface area contributed by atoms with E-state index in [4.69, 9.17) is 17.0 Å². The Labute approximate surface area is 426 Å². The quantitative estimate of drug-likeness (QED) is 0.0518. The fourth-order valence-electron chi connectivity index (χ4n) is 8.75. The van der Waals surface area contributed by atoms with Crippen molar-refractivity contribution in [3.05, 3.63) is 119 Å². The molecule has 0 bridgehead atoms. The Balaban J connectivity index is 0.841. The number of hydrogen-bond acceptors (Lipinski definition) is 11. The predicted octanol–water partition coefficient (Wildman–Crippen LogP) is 8.61. The molecule has 7 rings (SSSR count). The van der Waals surface area contributed by atoms with Crippen LogP contribution in [0.25, 0.3) is 21.6 Å². The molecule has 19 heteroatoms. The highest BCUT2D eigenvalue weighted by Gasteiger charge is 2.51. The second-order valence-electron chi connectivity index (χ2n) is 19.4. The number of aliphatic hydroxyl groups is 1. The number of ether oxygens (including phenoxy) is 1. The summed E-state index contributed by atoms with van der Waals surface area (Å²) in [5.74, 6) is -1.81. The van der Waals surface area contributed by atoms with E-state index < -0.39 is 64.2 Å². The Kier molecular flexibility index (Phi) is 16.2. The monoisotopic (exact) mass is 1020 g/mol. The van der Waals surface area contributed by atoms with Gasteiger partial charge >= 0.3 is 6.18 Å². The van der Waals surface area contributed by atoms with Crippen molar-refractivity contribution in [2.75, 3.05) is 41.4 Å². The number of thiazole rings is 1. The van der Waals surface area contributed by atoms with Crippen molar-refractivity contribution in [3.63, 3.8) is 0 Å². The van der Waals surface area contributed by atoms with E-state index in [0.29, 0.717) is 25.3 Å². The van der Waals surface area contributed by atoms with Gasteiger partial charge in [0.05, 0.1) is 45.1 Å². The van der Waals surface area contributed by atoms with Crippen LogP contribution in [0.5, 0.6) is 0 Å². The molecule has 0 aliphatic carbocycles. The van der Waals surface area contributed by atoms with E-state index in [1.165, 1.54) is 11.0 Å². The van der Waals surface area contributed by atoms with E-state index in [0.717, 1.165) is 62.0 Å². The molecule has 378 valence electrons. The zero-order valence-corrected chi connectivity index (χ0v) is 42.4. The summed E-state index contributed by atoms with van der Waals surface area (Å²) in [6.07, 6.45) is -4.20. The summed E-state index contributed by atoms with van der Waals surface area (Å²) in [6.45, 7) is 11.6. The summed E-state index contributed by atoms with van der Waals surface area (Å²) < 4.78 is 47.0. The molecule has 3 atom stereocenters. The van der Waals surface area contributed by atoms with Crippen molar-refractivity contribution >= 4 is 69.4 Å². The largest absolute Gasteiger partial charge is 0.417 e. The average molecular weight is 1020 g/mol. The summed E-state index contributed by atoms with van der Waals surface area (Å²) in [5.41, 5.74) is 4.24. The number of benzene rings is 4. The number of aromatic nitrogens is 1. The van der Waals surface area contributed by atoms with Crippen molar-refractivity contribution in [1.82, 2.24) is 20.5 Å². The van der Waals surface area contributed by atoms with Gasteiger partial charge in [0.25, 0.3) is 5.91 Å². The van der Waals surface area contributed by atoms with Crippen LogP contribution in [0, 0.1) is 23.7 Å². The molecule has 1 unspecified atom stereocenters. The van der Waals surface area contributed by atoms with Crippen LogP contribution in [0.1, 0.15) is 76.3 Å². The summed E-state index contributed by atoms with van der Waals surface area (Å²) in [5, 5.41) is 28.9. The van der Waals surface area contributed by atoms with E-state index >= 15 is 0 Å². The first-order valence-electron chi connectivity index (χ1n) is 23.5. The number of unbranched alkanes of at least 4 members (excludes halogenated alkanes) is 1. The third-order valence-electron chi connectivity index (χ3n) is 12.7. The number of halogens is 3. The van der Waals surface area contributed by atoms with Crippen molar-refractivity contribution in [3.8, 4) is 27.6 Å². The lowest BCUT2D eigenvalue weighted by atomic mass is 9.85. The van der Waals surface area contributed by atoms with E-state index in [1.807, 2.05) is 88.4 Å². The number of carbonyl (C=O) groups is 4. The molecular formula is C53H57F3N8O6S2. The summed E-state index contributed by atoms with van der Waals surface area (Å²) in [4.78, 5) is 63.6. The third kappa shape index (κ3) is 12.0. The maximum Gasteiger partial charge on any atom is 0.417 e.